The molecule has 3 aromatic rings. The molecule has 1 saturated heterocycles. The van der Waals surface area contributed by atoms with Gasteiger partial charge in [0.05, 0.1) is 21.0 Å². The Balaban J connectivity index is 0.00000253. The first-order chi connectivity index (χ1) is 16.8. The maximum absolute atomic E-state index is 13.4. The van der Waals surface area contributed by atoms with E-state index in [0.29, 0.717) is 9.95 Å². The Kier molecular flexibility index (Phi) is 14.2. The molecule has 1 aliphatic rings. The zero-order valence-corrected chi connectivity index (χ0v) is 28.4. The number of nitrogens with zero attached hydrogens (tertiary/aromatic N) is 3. The Morgan fingerprint density at radius 1 is 1.08 bits per heavy atom. The van der Waals surface area contributed by atoms with Gasteiger partial charge in [0.15, 0.2) is 11.8 Å². The van der Waals surface area contributed by atoms with Gasteiger partial charge in [-0.15, -0.1) is 0 Å². The van der Waals surface area contributed by atoms with Crippen LogP contribution in [0.3, 0.4) is 0 Å². The summed E-state index contributed by atoms with van der Waals surface area (Å²) in [5, 5.41) is 24.6. The van der Waals surface area contributed by atoms with Crippen molar-refractivity contribution in [3.05, 3.63) is 62.8 Å². The van der Waals surface area contributed by atoms with Crippen molar-refractivity contribution >= 4 is 26.6 Å². The van der Waals surface area contributed by atoms with Gasteiger partial charge in [0.2, 0.25) is 0 Å². The van der Waals surface area contributed by atoms with Crippen LogP contribution in [-0.2, 0) is 29.2 Å². The van der Waals surface area contributed by atoms with Crippen LogP contribution in [0.25, 0.3) is 11.0 Å². The molecule has 16 nitrogen and oxygen atoms in total. The van der Waals surface area contributed by atoms with Crippen LogP contribution >= 0.6 is 15.6 Å². The summed E-state index contributed by atoms with van der Waals surface area (Å²) >= 11 is 0. The SMILES string of the molecule is O=c1ccn([C@@H]2O[C@H](COP(=O)([O-])OP(=O)([O-])[O-])C(O)[C@@H]2O)c(=O)n1Cc1noc2cc(F)ccc12.[Na+].[Na+].[Na+]. The number of benzene rings is 1. The molecule has 196 valence electrons. The van der Waals surface area contributed by atoms with Crippen LogP contribution in [0, 0.1) is 5.82 Å². The van der Waals surface area contributed by atoms with E-state index in [1.54, 1.807) is 0 Å². The molecular weight excluding hydrogens is 604 g/mol. The molecule has 0 amide bonds. The van der Waals surface area contributed by atoms with E-state index in [2.05, 4.69) is 14.0 Å². The summed E-state index contributed by atoms with van der Waals surface area (Å²) in [6.07, 6.45) is -6.00. The fourth-order valence-corrected chi connectivity index (χ4v) is 5.00. The molecule has 3 heterocycles. The Bertz CT molecular complexity index is 1510. The summed E-state index contributed by atoms with van der Waals surface area (Å²) in [5.74, 6) is -0.594. The first-order valence-electron chi connectivity index (χ1n) is 9.82. The van der Waals surface area contributed by atoms with Crippen molar-refractivity contribution in [3.63, 3.8) is 0 Å². The molecule has 0 spiro atoms. The van der Waals surface area contributed by atoms with Crippen molar-refractivity contribution in [3.8, 4) is 0 Å². The van der Waals surface area contributed by atoms with Crippen LogP contribution in [-0.4, -0.2) is 49.4 Å². The number of rotatable bonds is 8. The van der Waals surface area contributed by atoms with Crippen molar-refractivity contribution in [2.45, 2.75) is 31.1 Å². The predicted molar refractivity (Wildman–Crippen MR) is 106 cm³/mol. The van der Waals surface area contributed by atoms with Gasteiger partial charge in [0, 0.05) is 23.7 Å². The third-order valence-electron chi connectivity index (χ3n) is 5.12. The summed E-state index contributed by atoms with van der Waals surface area (Å²) in [7, 11) is -11.6. The van der Waals surface area contributed by atoms with Gasteiger partial charge >= 0.3 is 94.4 Å². The van der Waals surface area contributed by atoms with Gasteiger partial charge in [-0.25, -0.2) is 9.18 Å². The van der Waals surface area contributed by atoms with Crippen LogP contribution in [0.5, 0.6) is 0 Å². The van der Waals surface area contributed by atoms with E-state index >= 15 is 0 Å². The molecule has 2 N–H and O–H groups in total. The normalized spacial score (nSPS) is 22.4. The number of phosphoric acid groups is 2. The van der Waals surface area contributed by atoms with Crippen LogP contribution in [0.2, 0.25) is 0 Å². The van der Waals surface area contributed by atoms with E-state index in [1.807, 2.05) is 0 Å². The van der Waals surface area contributed by atoms with Gasteiger partial charge in [-0.1, -0.05) is 5.16 Å². The molecule has 0 saturated carbocycles. The topological polar surface area (TPSA) is 242 Å². The van der Waals surface area contributed by atoms with Crippen LogP contribution < -0.4 is 115 Å². The number of ether oxygens (including phenoxy) is 1. The first-order valence-corrected chi connectivity index (χ1v) is 12.7. The second kappa shape index (κ2) is 14.8. The number of aliphatic hydroxyl groups is 2. The van der Waals surface area contributed by atoms with Crippen LogP contribution in [0.4, 0.5) is 4.39 Å². The summed E-state index contributed by atoms with van der Waals surface area (Å²) in [5.41, 5.74) is -1.64. The molecule has 0 aliphatic carbocycles. The molecule has 2 aromatic heterocycles. The van der Waals surface area contributed by atoms with E-state index in [-0.39, 0.29) is 99.9 Å². The number of aromatic nitrogens is 3. The smallest absolute Gasteiger partial charge is 0.790 e. The molecule has 1 fully saturated rings. The van der Waals surface area contributed by atoms with E-state index in [1.165, 1.54) is 6.07 Å². The fourth-order valence-electron chi connectivity index (χ4n) is 3.51. The molecular formula is C17H15FN3Na3O13P2. The fraction of sp³-hybridized carbons (Fsp3) is 0.353. The van der Waals surface area contributed by atoms with Gasteiger partial charge < -0.3 is 43.2 Å². The van der Waals surface area contributed by atoms with Gasteiger partial charge in [-0.2, -0.15) is 0 Å². The van der Waals surface area contributed by atoms with Crippen molar-refractivity contribution < 1.29 is 145 Å². The van der Waals surface area contributed by atoms with E-state index in [4.69, 9.17) is 9.26 Å². The Morgan fingerprint density at radius 3 is 2.38 bits per heavy atom. The number of fused-ring (bicyclic) bond motifs is 1. The molecule has 1 aliphatic heterocycles. The Labute approximate surface area is 283 Å². The molecule has 0 bridgehead atoms. The van der Waals surface area contributed by atoms with Crippen molar-refractivity contribution in [2.75, 3.05) is 6.61 Å². The number of hydrogen-bond donors (Lipinski definition) is 2. The van der Waals surface area contributed by atoms with E-state index in [0.717, 1.165) is 29.0 Å². The van der Waals surface area contributed by atoms with Gasteiger partial charge in [0.1, 0.15) is 29.8 Å². The minimum atomic E-state index is -5.96. The number of phosphoric ester groups is 1. The monoisotopic (exact) mass is 619 g/mol. The molecule has 39 heavy (non-hydrogen) atoms. The third kappa shape index (κ3) is 8.97. The molecule has 5 atom stereocenters. The first kappa shape index (κ1) is 37.5. The molecule has 1 aromatic carbocycles. The molecule has 0 radical (unpaired) electrons. The zero-order chi connectivity index (χ0) is 26.4. The van der Waals surface area contributed by atoms with Crippen LogP contribution in [0.1, 0.15) is 11.9 Å². The molecule has 2 unspecified atom stereocenters. The minimum Gasteiger partial charge on any atom is -0.790 e. The van der Waals surface area contributed by atoms with E-state index in [9.17, 15) is 48.0 Å². The second-order valence-corrected chi connectivity index (χ2v) is 10.2. The third-order valence-corrected chi connectivity index (χ3v) is 7.19. The summed E-state index contributed by atoms with van der Waals surface area (Å²) in [6, 6.07) is 4.46. The summed E-state index contributed by atoms with van der Waals surface area (Å²) < 4.78 is 54.5. The van der Waals surface area contributed by atoms with Crippen molar-refractivity contribution in [1.82, 2.24) is 14.3 Å². The average Bonchev–Trinajstić information content (AvgIpc) is 3.28. The maximum Gasteiger partial charge on any atom is 1.00 e. The minimum absolute atomic E-state index is 0. The number of halogens is 1. The second-order valence-electron chi connectivity index (χ2n) is 7.52. The van der Waals surface area contributed by atoms with E-state index < -0.39 is 70.4 Å². The predicted octanol–water partition coefficient (Wildman–Crippen LogP) is -11.7. The van der Waals surface area contributed by atoms with Gasteiger partial charge in [0.25, 0.3) is 13.4 Å². The van der Waals surface area contributed by atoms with Crippen molar-refractivity contribution in [2.24, 2.45) is 0 Å². The quantitative estimate of drug-likeness (QED) is 0.176. The maximum atomic E-state index is 13.4. The average molecular weight is 619 g/mol. The van der Waals surface area contributed by atoms with Gasteiger partial charge in [-0.3, -0.25) is 22.8 Å². The summed E-state index contributed by atoms with van der Waals surface area (Å²) in [4.78, 5) is 57.8. The Morgan fingerprint density at radius 2 is 1.74 bits per heavy atom. The summed E-state index contributed by atoms with van der Waals surface area (Å²) in [6.45, 7) is -1.51. The molecule has 4 rings (SSSR count). The van der Waals surface area contributed by atoms with Crippen LogP contribution in [0.15, 0.2) is 44.6 Å². The standard InChI is InChI=1S/C17H18FN3O13P2.3Na/c18-8-1-2-9-10(19-33-11(9)5-8)6-21-13(22)3-4-20(17(21)25)16-15(24)14(23)12(32-16)7-31-36(29,30)34-35(26,27)28;;;/h1-5,12,14-16,23-24H,6-7H2,(H,29,30)(H2,26,27,28);;;/q;3*+1/p-3/t12-,14?,15+,16-;;;/m1.../s1. The number of aliphatic hydroxyl groups excluding tert-OH is 2. The number of hydrogen-bond acceptors (Lipinski definition) is 14. The van der Waals surface area contributed by atoms with Gasteiger partial charge in [-0.05, 0) is 12.1 Å². The largest absolute Gasteiger partial charge is 1.00 e. The van der Waals surface area contributed by atoms with Crippen molar-refractivity contribution in [1.29, 1.82) is 0 Å². The Hall–Kier alpha value is 0.440. The zero-order valence-electron chi connectivity index (χ0n) is 20.6. The molecule has 22 heteroatoms.